The minimum absolute atomic E-state index is 0.0579. The monoisotopic (exact) mass is 133 g/mol. The van der Waals surface area contributed by atoms with Crippen molar-refractivity contribution in [2.45, 2.75) is 0 Å². The number of imidazole rings is 1. The zero-order valence-electron chi connectivity index (χ0n) is 5.13. The topological polar surface area (TPSA) is 48.9 Å². The number of fused-ring (bicyclic) bond motifs is 1. The first kappa shape index (κ1) is 5.29. The lowest BCUT2D eigenvalue weighted by Gasteiger charge is -1.80. The third-order valence-electron chi connectivity index (χ3n) is 1.30. The van der Waals surface area contributed by atoms with Crippen LogP contribution in [0.3, 0.4) is 0 Å². The van der Waals surface area contributed by atoms with Gasteiger partial charge >= 0.3 is 0 Å². The summed E-state index contributed by atoms with van der Waals surface area (Å²) >= 11 is 0. The Morgan fingerprint density at radius 3 is 3.30 bits per heavy atom. The van der Waals surface area contributed by atoms with E-state index in [1.165, 1.54) is 0 Å². The molecule has 2 rings (SSSR count). The average Bonchev–Trinajstić information content (AvgIpc) is 2.27. The zero-order chi connectivity index (χ0) is 6.97. The van der Waals surface area contributed by atoms with Crippen LogP contribution in [0.1, 0.15) is 0 Å². The number of nitrogens with zero attached hydrogens (tertiary/aromatic N) is 1. The molecule has 0 aliphatic rings. The quantitative estimate of drug-likeness (QED) is 0.564. The molecule has 0 saturated carbocycles. The van der Waals surface area contributed by atoms with Gasteiger partial charge in [-0.05, 0) is 6.07 Å². The van der Waals surface area contributed by atoms with E-state index in [-0.39, 0.29) is 6.01 Å². The molecule has 0 amide bonds. The Hall–Kier alpha value is -1.51. The molecular formula is C7H5N2O. The van der Waals surface area contributed by atoms with E-state index in [4.69, 9.17) is 5.11 Å². The van der Waals surface area contributed by atoms with E-state index in [2.05, 4.69) is 16.0 Å². The fourth-order valence-electron chi connectivity index (χ4n) is 0.876. The third kappa shape index (κ3) is 0.639. The Labute approximate surface area is 57.3 Å². The van der Waals surface area contributed by atoms with Gasteiger partial charge in [-0.15, -0.1) is 0 Å². The molecule has 49 valence electrons. The zero-order valence-corrected chi connectivity index (χ0v) is 5.13. The summed E-state index contributed by atoms with van der Waals surface area (Å²) in [6.45, 7) is 0. The van der Waals surface area contributed by atoms with Crippen LogP contribution in [0.25, 0.3) is 11.0 Å². The molecule has 0 spiro atoms. The molecule has 0 fully saturated rings. The van der Waals surface area contributed by atoms with Crippen LogP contribution in [0.4, 0.5) is 0 Å². The molecule has 0 saturated heterocycles. The molecule has 3 heteroatoms. The van der Waals surface area contributed by atoms with Crippen LogP contribution in [-0.4, -0.2) is 15.1 Å². The predicted molar refractivity (Wildman–Crippen MR) is 36.6 cm³/mol. The third-order valence-corrected chi connectivity index (χ3v) is 1.30. The highest BCUT2D eigenvalue weighted by Gasteiger charge is 1.96. The highest BCUT2D eigenvalue weighted by atomic mass is 16.3. The maximum atomic E-state index is 8.87. The minimum Gasteiger partial charge on any atom is -0.480 e. The van der Waals surface area contributed by atoms with Gasteiger partial charge in [-0.1, -0.05) is 12.1 Å². The maximum absolute atomic E-state index is 8.87. The van der Waals surface area contributed by atoms with Crippen LogP contribution in [0.5, 0.6) is 6.01 Å². The molecule has 0 unspecified atom stereocenters. The number of aromatic hydroxyl groups is 1. The van der Waals surface area contributed by atoms with Gasteiger partial charge in [0.15, 0.2) is 0 Å². The van der Waals surface area contributed by atoms with Gasteiger partial charge in [0.1, 0.15) is 5.52 Å². The second-order valence-corrected chi connectivity index (χ2v) is 1.99. The Morgan fingerprint density at radius 1 is 1.60 bits per heavy atom. The first-order valence-corrected chi connectivity index (χ1v) is 2.91. The summed E-state index contributed by atoms with van der Waals surface area (Å²) in [5, 5.41) is 8.87. The van der Waals surface area contributed by atoms with Crippen molar-refractivity contribution in [3.05, 3.63) is 24.3 Å². The highest BCUT2D eigenvalue weighted by Crippen LogP contribution is 2.12. The van der Waals surface area contributed by atoms with Crippen LogP contribution in [0.2, 0.25) is 0 Å². The molecule has 2 N–H and O–H groups in total. The summed E-state index contributed by atoms with van der Waals surface area (Å²) < 4.78 is 0. The first-order chi connectivity index (χ1) is 4.86. The second-order valence-electron chi connectivity index (χ2n) is 1.99. The predicted octanol–water partition coefficient (Wildman–Crippen LogP) is 1.07. The molecular weight excluding hydrogens is 128 g/mol. The Bertz CT molecular complexity index is 320. The number of aromatic nitrogens is 2. The average molecular weight is 133 g/mol. The van der Waals surface area contributed by atoms with E-state index >= 15 is 0 Å². The normalized spacial score (nSPS) is 10.4. The summed E-state index contributed by atoms with van der Waals surface area (Å²) in [4.78, 5) is 6.43. The largest absolute Gasteiger partial charge is 0.480 e. The molecule has 0 atom stereocenters. The number of hydrogen-bond donors (Lipinski definition) is 2. The van der Waals surface area contributed by atoms with E-state index in [1.54, 1.807) is 6.07 Å². The Balaban J connectivity index is 2.88. The SMILES string of the molecule is Oc1nc2[c]cccc2[nH]1. The lowest BCUT2D eigenvalue weighted by Crippen LogP contribution is -1.64. The number of para-hydroxylation sites is 1. The summed E-state index contributed by atoms with van der Waals surface area (Å²) in [6.07, 6.45) is 0. The minimum atomic E-state index is -0.0579. The van der Waals surface area contributed by atoms with Crippen LogP contribution in [0, 0.1) is 6.07 Å². The highest BCUT2D eigenvalue weighted by molar-refractivity contribution is 5.74. The number of rotatable bonds is 0. The number of H-pyrrole nitrogens is 1. The van der Waals surface area contributed by atoms with Gasteiger partial charge < -0.3 is 10.1 Å². The van der Waals surface area contributed by atoms with Crippen molar-refractivity contribution in [3.63, 3.8) is 0 Å². The van der Waals surface area contributed by atoms with E-state index in [0.29, 0.717) is 5.52 Å². The molecule has 0 bridgehead atoms. The summed E-state index contributed by atoms with van der Waals surface area (Å²) in [6, 6.07) is 8.23. The first-order valence-electron chi connectivity index (χ1n) is 2.91. The molecule has 3 nitrogen and oxygen atoms in total. The molecule has 1 aromatic carbocycles. The van der Waals surface area contributed by atoms with Gasteiger partial charge in [0.2, 0.25) is 0 Å². The summed E-state index contributed by atoms with van der Waals surface area (Å²) in [5.74, 6) is 0. The fraction of sp³-hybridized carbons (Fsp3) is 0. The van der Waals surface area contributed by atoms with Crippen molar-refractivity contribution in [2.24, 2.45) is 0 Å². The lowest BCUT2D eigenvalue weighted by atomic mass is 10.3. The molecule has 10 heavy (non-hydrogen) atoms. The second kappa shape index (κ2) is 1.73. The van der Waals surface area contributed by atoms with E-state index < -0.39 is 0 Å². The fourth-order valence-corrected chi connectivity index (χ4v) is 0.876. The van der Waals surface area contributed by atoms with Crippen LogP contribution < -0.4 is 0 Å². The van der Waals surface area contributed by atoms with Gasteiger partial charge in [0, 0.05) is 6.07 Å². The van der Waals surface area contributed by atoms with Crippen molar-refractivity contribution in [2.75, 3.05) is 0 Å². The van der Waals surface area contributed by atoms with Crippen molar-refractivity contribution < 1.29 is 5.11 Å². The number of benzene rings is 1. The Kier molecular flexibility index (Phi) is 0.917. The van der Waals surface area contributed by atoms with E-state index in [0.717, 1.165) is 5.52 Å². The summed E-state index contributed by atoms with van der Waals surface area (Å²) in [5.41, 5.74) is 1.47. The van der Waals surface area contributed by atoms with Gasteiger partial charge in [-0.3, -0.25) is 0 Å². The van der Waals surface area contributed by atoms with Gasteiger partial charge in [0.25, 0.3) is 6.01 Å². The molecule has 2 aromatic rings. The molecule has 1 heterocycles. The smallest absolute Gasteiger partial charge is 0.292 e. The number of hydrogen-bond acceptors (Lipinski definition) is 2. The van der Waals surface area contributed by atoms with Crippen LogP contribution in [-0.2, 0) is 0 Å². The van der Waals surface area contributed by atoms with E-state index in [9.17, 15) is 0 Å². The van der Waals surface area contributed by atoms with E-state index in [1.807, 2.05) is 12.1 Å². The van der Waals surface area contributed by atoms with Crippen molar-refractivity contribution >= 4 is 11.0 Å². The van der Waals surface area contributed by atoms with Gasteiger partial charge in [-0.2, -0.15) is 4.98 Å². The van der Waals surface area contributed by atoms with Crippen molar-refractivity contribution in [1.82, 2.24) is 9.97 Å². The molecule has 0 aliphatic heterocycles. The molecule has 0 aliphatic carbocycles. The van der Waals surface area contributed by atoms with Gasteiger partial charge in [-0.25, -0.2) is 0 Å². The van der Waals surface area contributed by atoms with Crippen molar-refractivity contribution in [1.29, 1.82) is 0 Å². The number of nitrogens with one attached hydrogen (secondary N) is 1. The molecule has 1 radical (unpaired) electrons. The van der Waals surface area contributed by atoms with Crippen molar-refractivity contribution in [3.8, 4) is 6.01 Å². The summed E-state index contributed by atoms with van der Waals surface area (Å²) in [7, 11) is 0. The maximum Gasteiger partial charge on any atom is 0.292 e. The van der Waals surface area contributed by atoms with Crippen LogP contribution >= 0.6 is 0 Å². The van der Waals surface area contributed by atoms with Gasteiger partial charge in [0.05, 0.1) is 5.52 Å². The number of aromatic amines is 1. The Morgan fingerprint density at radius 2 is 2.50 bits per heavy atom. The standard InChI is InChI=1S/C7H5N2O/c10-7-8-5-3-1-2-4-6(5)9-7/h1-3H,(H2,8,9,10). The lowest BCUT2D eigenvalue weighted by molar-refractivity contribution is 0.438. The molecule has 1 aromatic heterocycles. The van der Waals surface area contributed by atoms with Crippen LogP contribution in [0.15, 0.2) is 18.2 Å².